The summed E-state index contributed by atoms with van der Waals surface area (Å²) in [6.07, 6.45) is 1.53. The van der Waals surface area contributed by atoms with E-state index in [1.165, 1.54) is 6.33 Å². The number of carbonyl (C=O) groups is 1. The van der Waals surface area contributed by atoms with Crippen LogP contribution < -0.4 is 5.32 Å². The van der Waals surface area contributed by atoms with Gasteiger partial charge in [0.25, 0.3) is 0 Å². The lowest BCUT2D eigenvalue weighted by Crippen LogP contribution is -2.04. The Kier molecular flexibility index (Phi) is 3.96. The normalized spacial score (nSPS) is 10.4. The number of esters is 1. The Morgan fingerprint density at radius 3 is 2.64 bits per heavy atom. The predicted octanol–water partition coefficient (Wildman–Crippen LogP) is 3.55. The number of hydrogen-bond acceptors (Lipinski definition) is 5. The van der Waals surface area contributed by atoms with Gasteiger partial charge in [-0.1, -0.05) is 12.1 Å². The molecule has 0 radical (unpaired) electrons. The highest BCUT2D eigenvalue weighted by Crippen LogP contribution is 2.22. The molecule has 0 aliphatic heterocycles. The zero-order chi connectivity index (χ0) is 15.4. The summed E-state index contributed by atoms with van der Waals surface area (Å²) in [4.78, 5) is 20.1. The Labute approximate surface area is 128 Å². The van der Waals surface area contributed by atoms with Crippen LogP contribution in [0.2, 0.25) is 0 Å². The molecule has 0 fully saturated rings. The van der Waals surface area contributed by atoms with E-state index in [1.807, 2.05) is 36.4 Å². The average Bonchev–Trinajstić information content (AvgIpc) is 2.56. The van der Waals surface area contributed by atoms with Crippen LogP contribution in [0.1, 0.15) is 17.3 Å². The third-order valence-electron chi connectivity index (χ3n) is 3.20. The largest absolute Gasteiger partial charge is 0.462 e. The van der Waals surface area contributed by atoms with E-state index < -0.39 is 0 Å². The molecular weight excluding hydrogens is 278 g/mol. The van der Waals surface area contributed by atoms with Crippen LogP contribution in [0, 0.1) is 0 Å². The SMILES string of the molecule is CCOC(=O)c1ccc(Nc2ncnc3ccccc23)cc1. The van der Waals surface area contributed by atoms with E-state index in [9.17, 15) is 4.79 Å². The number of nitrogens with zero attached hydrogens (tertiary/aromatic N) is 2. The highest BCUT2D eigenvalue weighted by Gasteiger charge is 2.07. The summed E-state index contributed by atoms with van der Waals surface area (Å²) in [7, 11) is 0. The Morgan fingerprint density at radius 2 is 1.86 bits per heavy atom. The lowest BCUT2D eigenvalue weighted by atomic mass is 10.2. The van der Waals surface area contributed by atoms with Gasteiger partial charge in [0.15, 0.2) is 0 Å². The van der Waals surface area contributed by atoms with Gasteiger partial charge >= 0.3 is 5.97 Å². The zero-order valence-corrected chi connectivity index (χ0v) is 12.1. The third-order valence-corrected chi connectivity index (χ3v) is 3.20. The number of nitrogens with one attached hydrogen (secondary N) is 1. The highest BCUT2D eigenvalue weighted by atomic mass is 16.5. The minimum Gasteiger partial charge on any atom is -0.462 e. The van der Waals surface area contributed by atoms with Crippen LogP contribution in [0.15, 0.2) is 54.9 Å². The highest BCUT2D eigenvalue weighted by molar-refractivity contribution is 5.92. The lowest BCUT2D eigenvalue weighted by molar-refractivity contribution is 0.0526. The van der Waals surface area contributed by atoms with E-state index >= 15 is 0 Å². The van der Waals surface area contributed by atoms with Gasteiger partial charge in [-0.2, -0.15) is 0 Å². The van der Waals surface area contributed by atoms with Gasteiger partial charge in [-0.3, -0.25) is 0 Å². The number of carbonyl (C=O) groups excluding carboxylic acids is 1. The van der Waals surface area contributed by atoms with Crippen molar-refractivity contribution in [3.8, 4) is 0 Å². The zero-order valence-electron chi connectivity index (χ0n) is 12.1. The summed E-state index contributed by atoms with van der Waals surface area (Å²) < 4.78 is 4.96. The molecular formula is C17H15N3O2. The summed E-state index contributed by atoms with van der Waals surface area (Å²) in [5.41, 5.74) is 2.25. The number of benzene rings is 2. The molecule has 2 aromatic carbocycles. The number of ether oxygens (including phenoxy) is 1. The Bertz CT molecular complexity index is 795. The van der Waals surface area contributed by atoms with Crippen molar-refractivity contribution in [1.29, 1.82) is 0 Å². The fraction of sp³-hybridized carbons (Fsp3) is 0.118. The van der Waals surface area contributed by atoms with Gasteiger partial charge in [0.05, 0.1) is 17.7 Å². The van der Waals surface area contributed by atoms with Crippen molar-refractivity contribution in [2.45, 2.75) is 6.92 Å². The first-order valence-corrected chi connectivity index (χ1v) is 7.02. The Hall–Kier alpha value is -2.95. The molecule has 0 atom stereocenters. The van der Waals surface area contributed by atoms with Crippen LogP contribution >= 0.6 is 0 Å². The summed E-state index contributed by atoms with van der Waals surface area (Å²) in [6.45, 7) is 2.15. The number of rotatable bonds is 4. The summed E-state index contributed by atoms with van der Waals surface area (Å²) in [5, 5.41) is 4.19. The molecule has 1 aromatic heterocycles. The van der Waals surface area contributed by atoms with Crippen molar-refractivity contribution in [3.05, 3.63) is 60.4 Å². The van der Waals surface area contributed by atoms with Crippen LogP contribution in [-0.4, -0.2) is 22.5 Å². The first-order chi connectivity index (χ1) is 10.8. The average molecular weight is 293 g/mol. The molecule has 1 heterocycles. The number of hydrogen-bond donors (Lipinski definition) is 1. The van der Waals surface area contributed by atoms with Crippen molar-refractivity contribution in [2.24, 2.45) is 0 Å². The maximum Gasteiger partial charge on any atom is 0.338 e. The van der Waals surface area contributed by atoms with E-state index in [0.29, 0.717) is 12.2 Å². The summed E-state index contributed by atoms with van der Waals surface area (Å²) in [5.74, 6) is 0.413. The second-order valence-electron chi connectivity index (χ2n) is 4.66. The molecule has 3 aromatic rings. The van der Waals surface area contributed by atoms with Crippen molar-refractivity contribution in [1.82, 2.24) is 9.97 Å². The van der Waals surface area contributed by atoms with Gasteiger partial charge in [-0.15, -0.1) is 0 Å². The molecule has 3 rings (SSSR count). The predicted molar refractivity (Wildman–Crippen MR) is 85.2 cm³/mol. The number of para-hydroxylation sites is 1. The van der Waals surface area contributed by atoms with Crippen LogP contribution in [0.4, 0.5) is 11.5 Å². The first-order valence-electron chi connectivity index (χ1n) is 7.02. The molecule has 0 amide bonds. The van der Waals surface area contributed by atoms with Gasteiger partial charge in [0, 0.05) is 11.1 Å². The second-order valence-corrected chi connectivity index (χ2v) is 4.66. The molecule has 110 valence electrons. The minimum atomic E-state index is -0.318. The Balaban J connectivity index is 1.85. The fourth-order valence-electron chi connectivity index (χ4n) is 2.15. The molecule has 1 N–H and O–H groups in total. The van der Waals surface area contributed by atoms with E-state index in [2.05, 4.69) is 15.3 Å². The lowest BCUT2D eigenvalue weighted by Gasteiger charge is -2.08. The molecule has 0 unspecified atom stereocenters. The number of anilines is 2. The summed E-state index contributed by atoms with van der Waals surface area (Å²) >= 11 is 0. The minimum absolute atomic E-state index is 0.318. The number of aromatic nitrogens is 2. The van der Waals surface area contributed by atoms with Gasteiger partial charge in [0.2, 0.25) is 0 Å². The third kappa shape index (κ3) is 2.88. The molecule has 0 saturated heterocycles. The van der Waals surface area contributed by atoms with Crippen LogP contribution in [0.25, 0.3) is 10.9 Å². The van der Waals surface area contributed by atoms with Gasteiger partial charge in [-0.25, -0.2) is 14.8 Å². The van der Waals surface area contributed by atoms with Crippen molar-refractivity contribution in [3.63, 3.8) is 0 Å². The molecule has 0 spiro atoms. The fourth-order valence-corrected chi connectivity index (χ4v) is 2.15. The second kappa shape index (κ2) is 6.22. The van der Waals surface area contributed by atoms with Crippen LogP contribution in [0.5, 0.6) is 0 Å². The molecule has 5 nitrogen and oxygen atoms in total. The summed E-state index contributed by atoms with van der Waals surface area (Å²) in [6, 6.07) is 14.9. The van der Waals surface area contributed by atoms with Gasteiger partial charge in [0.1, 0.15) is 12.1 Å². The standard InChI is InChI=1S/C17H15N3O2/c1-2-22-17(21)12-7-9-13(10-8-12)20-16-14-5-3-4-6-15(14)18-11-19-16/h3-11H,2H2,1H3,(H,18,19,20). The Morgan fingerprint density at radius 1 is 1.09 bits per heavy atom. The molecule has 5 heteroatoms. The monoisotopic (exact) mass is 293 g/mol. The topological polar surface area (TPSA) is 64.1 Å². The van der Waals surface area contributed by atoms with Crippen molar-refractivity contribution < 1.29 is 9.53 Å². The maximum atomic E-state index is 11.6. The van der Waals surface area contributed by atoms with Gasteiger partial charge in [-0.05, 0) is 43.3 Å². The van der Waals surface area contributed by atoms with E-state index in [4.69, 9.17) is 4.74 Å². The molecule has 0 saturated carbocycles. The van der Waals surface area contributed by atoms with E-state index in [0.717, 1.165) is 22.4 Å². The van der Waals surface area contributed by atoms with Crippen LogP contribution in [-0.2, 0) is 4.74 Å². The van der Waals surface area contributed by atoms with Crippen molar-refractivity contribution >= 4 is 28.4 Å². The van der Waals surface area contributed by atoms with Gasteiger partial charge < -0.3 is 10.1 Å². The van der Waals surface area contributed by atoms with Crippen molar-refractivity contribution in [2.75, 3.05) is 11.9 Å². The number of fused-ring (bicyclic) bond motifs is 1. The maximum absolute atomic E-state index is 11.6. The molecule has 0 aliphatic carbocycles. The smallest absolute Gasteiger partial charge is 0.338 e. The molecule has 22 heavy (non-hydrogen) atoms. The first kappa shape index (κ1) is 14.0. The van der Waals surface area contributed by atoms with E-state index in [-0.39, 0.29) is 5.97 Å². The quantitative estimate of drug-likeness (QED) is 0.745. The van der Waals surface area contributed by atoms with E-state index in [1.54, 1.807) is 19.1 Å². The molecule has 0 aliphatic rings. The van der Waals surface area contributed by atoms with Crippen LogP contribution in [0.3, 0.4) is 0 Å². The molecule has 0 bridgehead atoms.